The zero-order valence-electron chi connectivity index (χ0n) is 9.45. The zero-order valence-corrected chi connectivity index (χ0v) is 9.45. The van der Waals surface area contributed by atoms with Gasteiger partial charge >= 0.3 is 5.97 Å². The van der Waals surface area contributed by atoms with Gasteiger partial charge in [-0.2, -0.15) is 0 Å². The van der Waals surface area contributed by atoms with Crippen LogP contribution in [-0.2, 0) is 11.3 Å². The lowest BCUT2D eigenvalue weighted by Crippen LogP contribution is -2.35. The largest absolute Gasteiger partial charge is 0.480 e. The monoisotopic (exact) mass is 248 g/mol. The molecule has 2 atom stereocenters. The average molecular weight is 248 g/mol. The van der Waals surface area contributed by atoms with Crippen molar-refractivity contribution >= 4 is 23.0 Å². The van der Waals surface area contributed by atoms with E-state index in [4.69, 9.17) is 16.6 Å². The standard InChI is InChI=1S/C10H12N6O2/c11-7-6-8(14-3-13-7)16(4-15-6)2-5-1-10(5,12)9(17)18/h3-5H,1-2,12H2,(H,17,18)(H2,11,13,14)/t5-,10-/m0/s1. The summed E-state index contributed by atoms with van der Waals surface area (Å²) in [6.45, 7) is 0.468. The Balaban J connectivity index is 1.89. The maximum absolute atomic E-state index is 10.9. The highest BCUT2D eigenvalue weighted by Gasteiger charge is 2.57. The van der Waals surface area contributed by atoms with E-state index in [1.54, 1.807) is 10.9 Å². The summed E-state index contributed by atoms with van der Waals surface area (Å²) in [5.41, 5.74) is 11.4. The van der Waals surface area contributed by atoms with Crippen LogP contribution >= 0.6 is 0 Å². The summed E-state index contributed by atoms with van der Waals surface area (Å²) in [6, 6.07) is 0. The first-order chi connectivity index (χ1) is 8.52. The molecular weight excluding hydrogens is 236 g/mol. The molecule has 0 aliphatic heterocycles. The third kappa shape index (κ3) is 1.42. The third-order valence-corrected chi connectivity index (χ3v) is 3.40. The average Bonchev–Trinajstić information content (AvgIpc) is 2.81. The molecule has 0 saturated heterocycles. The second-order valence-corrected chi connectivity index (χ2v) is 4.57. The molecule has 1 saturated carbocycles. The molecule has 8 nitrogen and oxygen atoms in total. The van der Waals surface area contributed by atoms with Crippen LogP contribution in [0, 0.1) is 5.92 Å². The number of rotatable bonds is 3. The van der Waals surface area contributed by atoms with Crippen LogP contribution in [0.1, 0.15) is 6.42 Å². The number of anilines is 1. The predicted molar refractivity (Wildman–Crippen MR) is 62.4 cm³/mol. The molecule has 1 fully saturated rings. The number of nitrogens with zero attached hydrogens (tertiary/aromatic N) is 4. The minimum absolute atomic E-state index is 0.108. The van der Waals surface area contributed by atoms with Crippen LogP contribution in [0.25, 0.3) is 11.2 Å². The van der Waals surface area contributed by atoms with Gasteiger partial charge in [0.05, 0.1) is 6.33 Å². The van der Waals surface area contributed by atoms with Crippen molar-refractivity contribution in [3.63, 3.8) is 0 Å². The molecule has 1 aliphatic rings. The molecule has 2 aromatic rings. The summed E-state index contributed by atoms with van der Waals surface area (Å²) in [7, 11) is 0. The summed E-state index contributed by atoms with van der Waals surface area (Å²) >= 11 is 0. The number of hydrogen-bond donors (Lipinski definition) is 3. The van der Waals surface area contributed by atoms with Crippen LogP contribution in [-0.4, -0.2) is 36.1 Å². The van der Waals surface area contributed by atoms with Crippen LogP contribution in [0.5, 0.6) is 0 Å². The molecule has 2 aromatic heterocycles. The Morgan fingerprint density at radius 3 is 3.00 bits per heavy atom. The van der Waals surface area contributed by atoms with Crippen molar-refractivity contribution in [3.8, 4) is 0 Å². The Bertz CT molecular complexity index is 638. The van der Waals surface area contributed by atoms with Gasteiger partial charge in [0.25, 0.3) is 0 Å². The lowest BCUT2D eigenvalue weighted by Gasteiger charge is -2.06. The molecule has 8 heteroatoms. The molecule has 1 aliphatic carbocycles. The maximum atomic E-state index is 10.9. The number of fused-ring (bicyclic) bond motifs is 1. The van der Waals surface area contributed by atoms with Crippen LogP contribution in [0.4, 0.5) is 5.82 Å². The first-order valence-electron chi connectivity index (χ1n) is 5.46. The van der Waals surface area contributed by atoms with E-state index in [2.05, 4.69) is 15.0 Å². The van der Waals surface area contributed by atoms with Crippen molar-refractivity contribution in [2.45, 2.75) is 18.5 Å². The van der Waals surface area contributed by atoms with Crippen molar-refractivity contribution in [1.82, 2.24) is 19.5 Å². The second-order valence-electron chi connectivity index (χ2n) is 4.57. The minimum atomic E-state index is -1.12. The molecule has 0 unspecified atom stereocenters. The number of carboxylic acid groups (broad SMARTS) is 1. The van der Waals surface area contributed by atoms with Gasteiger partial charge in [0.2, 0.25) is 0 Å². The molecule has 3 rings (SSSR count). The highest BCUT2D eigenvalue weighted by molar-refractivity contribution is 5.83. The molecular formula is C10H12N6O2. The fourth-order valence-electron chi connectivity index (χ4n) is 2.11. The first kappa shape index (κ1) is 10.9. The van der Waals surface area contributed by atoms with E-state index in [1.165, 1.54) is 6.33 Å². The Kier molecular flexibility index (Phi) is 2.05. The molecule has 0 radical (unpaired) electrons. The number of carbonyl (C=O) groups is 1. The van der Waals surface area contributed by atoms with E-state index in [-0.39, 0.29) is 5.92 Å². The fourth-order valence-corrected chi connectivity index (χ4v) is 2.11. The van der Waals surface area contributed by atoms with Gasteiger partial charge in [-0.25, -0.2) is 15.0 Å². The number of imidazole rings is 1. The lowest BCUT2D eigenvalue weighted by molar-refractivity contribution is -0.140. The van der Waals surface area contributed by atoms with Gasteiger partial charge < -0.3 is 21.1 Å². The second kappa shape index (κ2) is 3.39. The minimum Gasteiger partial charge on any atom is -0.480 e. The summed E-state index contributed by atoms with van der Waals surface area (Å²) in [5, 5.41) is 8.97. The van der Waals surface area contributed by atoms with Gasteiger partial charge in [-0.3, -0.25) is 4.79 Å². The van der Waals surface area contributed by atoms with E-state index < -0.39 is 11.5 Å². The van der Waals surface area contributed by atoms with Gasteiger partial charge in [0.15, 0.2) is 11.5 Å². The Hall–Kier alpha value is -2.22. The normalized spacial score (nSPS) is 26.4. The SMILES string of the molecule is Nc1ncnc2c1ncn2C[C@@H]1C[C@@]1(N)C(=O)O. The van der Waals surface area contributed by atoms with Crippen molar-refractivity contribution in [2.24, 2.45) is 11.7 Å². The molecule has 18 heavy (non-hydrogen) atoms. The van der Waals surface area contributed by atoms with Gasteiger partial charge in [-0.15, -0.1) is 0 Å². The molecule has 2 heterocycles. The van der Waals surface area contributed by atoms with Gasteiger partial charge in [-0.05, 0) is 6.42 Å². The molecule has 0 spiro atoms. The summed E-state index contributed by atoms with van der Waals surface area (Å²) in [4.78, 5) is 23.0. The molecule has 0 aromatic carbocycles. The Labute approximate surface area is 102 Å². The van der Waals surface area contributed by atoms with Crippen LogP contribution in [0.2, 0.25) is 0 Å². The van der Waals surface area contributed by atoms with E-state index >= 15 is 0 Å². The quantitative estimate of drug-likeness (QED) is 0.648. The number of aliphatic carboxylic acids is 1. The van der Waals surface area contributed by atoms with Crippen LogP contribution < -0.4 is 11.5 Å². The van der Waals surface area contributed by atoms with E-state index in [0.29, 0.717) is 29.9 Å². The Morgan fingerprint density at radius 1 is 1.56 bits per heavy atom. The molecule has 94 valence electrons. The van der Waals surface area contributed by atoms with Gasteiger partial charge in [-0.1, -0.05) is 0 Å². The number of aromatic nitrogens is 4. The smallest absolute Gasteiger partial charge is 0.324 e. The van der Waals surface area contributed by atoms with E-state index in [9.17, 15) is 4.79 Å². The van der Waals surface area contributed by atoms with Crippen molar-refractivity contribution in [3.05, 3.63) is 12.7 Å². The molecule has 5 N–H and O–H groups in total. The molecule has 0 bridgehead atoms. The number of carboxylic acids is 1. The van der Waals surface area contributed by atoms with Crippen LogP contribution in [0.3, 0.4) is 0 Å². The summed E-state index contributed by atoms with van der Waals surface area (Å²) in [6.07, 6.45) is 3.40. The van der Waals surface area contributed by atoms with Crippen molar-refractivity contribution in [1.29, 1.82) is 0 Å². The van der Waals surface area contributed by atoms with Crippen molar-refractivity contribution < 1.29 is 9.90 Å². The third-order valence-electron chi connectivity index (χ3n) is 3.40. The summed E-state index contributed by atoms with van der Waals surface area (Å²) in [5.74, 6) is -0.763. The molecule has 0 amide bonds. The number of nitrogens with two attached hydrogens (primary N) is 2. The highest BCUT2D eigenvalue weighted by Crippen LogP contribution is 2.42. The lowest BCUT2D eigenvalue weighted by atomic mass is 10.2. The zero-order chi connectivity index (χ0) is 12.9. The van der Waals surface area contributed by atoms with Crippen molar-refractivity contribution in [2.75, 3.05) is 5.73 Å². The van der Waals surface area contributed by atoms with E-state index in [1.807, 2.05) is 0 Å². The van der Waals surface area contributed by atoms with Gasteiger partial charge in [0.1, 0.15) is 17.4 Å². The maximum Gasteiger partial charge on any atom is 0.324 e. The highest BCUT2D eigenvalue weighted by atomic mass is 16.4. The number of hydrogen-bond acceptors (Lipinski definition) is 6. The topological polar surface area (TPSA) is 133 Å². The first-order valence-corrected chi connectivity index (χ1v) is 5.46. The number of nitrogen functional groups attached to an aromatic ring is 1. The van der Waals surface area contributed by atoms with Gasteiger partial charge in [0, 0.05) is 12.5 Å². The fraction of sp³-hybridized carbons (Fsp3) is 0.400. The summed E-state index contributed by atoms with van der Waals surface area (Å²) < 4.78 is 1.76. The Morgan fingerprint density at radius 2 is 2.33 bits per heavy atom. The van der Waals surface area contributed by atoms with Crippen LogP contribution in [0.15, 0.2) is 12.7 Å². The predicted octanol–water partition coefficient (Wildman–Crippen LogP) is -0.789. The van der Waals surface area contributed by atoms with E-state index in [0.717, 1.165) is 0 Å².